The minimum Gasteiger partial charge on any atom is -0.497 e. The van der Waals surface area contributed by atoms with Gasteiger partial charge in [0.2, 0.25) is 21.8 Å². The molecular formula is C29H37N3O5S. The molecule has 38 heavy (non-hydrogen) atoms. The van der Waals surface area contributed by atoms with E-state index in [1.165, 1.54) is 4.90 Å². The highest BCUT2D eigenvalue weighted by molar-refractivity contribution is 7.92. The first kappa shape index (κ1) is 29.0. The van der Waals surface area contributed by atoms with E-state index in [0.29, 0.717) is 23.2 Å². The summed E-state index contributed by atoms with van der Waals surface area (Å²) in [5, 5.41) is 4.53. The van der Waals surface area contributed by atoms with Crippen LogP contribution in [0.1, 0.15) is 39.7 Å². The SMILES string of the molecule is CC[C@@H](C(=O)NC(C)(C)C)N(Cc1cccc(OC)c1)C(=O)CN(c1cccc2ccccc12)S(C)(=O)=O. The van der Waals surface area contributed by atoms with E-state index in [4.69, 9.17) is 4.74 Å². The van der Waals surface area contributed by atoms with Crippen molar-refractivity contribution in [1.29, 1.82) is 0 Å². The summed E-state index contributed by atoms with van der Waals surface area (Å²) in [6, 6.07) is 19.2. The molecule has 0 aliphatic heterocycles. The first-order chi connectivity index (χ1) is 17.8. The molecule has 0 aromatic heterocycles. The number of sulfonamides is 1. The van der Waals surface area contributed by atoms with Crippen LogP contribution in [-0.4, -0.2) is 56.6 Å². The van der Waals surface area contributed by atoms with Crippen LogP contribution in [0.4, 0.5) is 5.69 Å². The van der Waals surface area contributed by atoms with Crippen LogP contribution in [0.2, 0.25) is 0 Å². The summed E-state index contributed by atoms with van der Waals surface area (Å²) in [4.78, 5) is 28.7. The lowest BCUT2D eigenvalue weighted by Gasteiger charge is -2.34. The number of nitrogens with one attached hydrogen (secondary N) is 1. The lowest BCUT2D eigenvalue weighted by molar-refractivity contribution is -0.141. The lowest BCUT2D eigenvalue weighted by Crippen LogP contribution is -2.55. The molecule has 1 N–H and O–H groups in total. The maximum atomic E-state index is 13.9. The molecule has 3 rings (SSSR count). The van der Waals surface area contributed by atoms with Gasteiger partial charge in [0.15, 0.2) is 0 Å². The molecule has 1 atom stereocenters. The van der Waals surface area contributed by atoms with Gasteiger partial charge in [0.05, 0.1) is 19.1 Å². The molecule has 2 amide bonds. The molecule has 0 unspecified atom stereocenters. The molecule has 9 heteroatoms. The predicted molar refractivity (Wildman–Crippen MR) is 152 cm³/mol. The summed E-state index contributed by atoms with van der Waals surface area (Å²) >= 11 is 0. The van der Waals surface area contributed by atoms with E-state index in [9.17, 15) is 18.0 Å². The minimum absolute atomic E-state index is 0.110. The second kappa shape index (κ2) is 11.9. The normalized spacial score (nSPS) is 12.6. The summed E-state index contributed by atoms with van der Waals surface area (Å²) in [5.41, 5.74) is 0.667. The minimum atomic E-state index is -3.84. The fourth-order valence-corrected chi connectivity index (χ4v) is 5.22. The predicted octanol–water partition coefficient (Wildman–Crippen LogP) is 4.34. The molecule has 204 valence electrons. The van der Waals surface area contributed by atoms with Crippen molar-refractivity contribution in [1.82, 2.24) is 10.2 Å². The third-order valence-corrected chi connectivity index (χ3v) is 7.21. The fraction of sp³-hybridized carbons (Fsp3) is 0.379. The maximum absolute atomic E-state index is 13.9. The second-order valence-electron chi connectivity index (χ2n) is 10.3. The Morgan fingerprint density at radius 3 is 2.29 bits per heavy atom. The van der Waals surface area contributed by atoms with Gasteiger partial charge in [-0.15, -0.1) is 0 Å². The molecule has 3 aromatic carbocycles. The molecule has 0 radical (unpaired) electrons. The zero-order chi connectivity index (χ0) is 28.1. The van der Waals surface area contributed by atoms with E-state index in [1.807, 2.05) is 70.2 Å². The van der Waals surface area contributed by atoms with E-state index >= 15 is 0 Å². The van der Waals surface area contributed by atoms with Crippen molar-refractivity contribution in [2.24, 2.45) is 0 Å². The number of benzene rings is 3. The van der Waals surface area contributed by atoms with Gasteiger partial charge in [0.25, 0.3) is 0 Å². The number of carbonyl (C=O) groups excluding carboxylic acids is 2. The molecule has 0 saturated heterocycles. The Morgan fingerprint density at radius 1 is 1.00 bits per heavy atom. The van der Waals surface area contributed by atoms with Crippen molar-refractivity contribution in [2.45, 2.75) is 52.2 Å². The van der Waals surface area contributed by atoms with Crippen molar-refractivity contribution in [2.75, 3.05) is 24.2 Å². The molecule has 0 aliphatic carbocycles. The van der Waals surface area contributed by atoms with Gasteiger partial charge in [-0.25, -0.2) is 8.42 Å². The number of carbonyl (C=O) groups is 2. The van der Waals surface area contributed by atoms with Crippen LogP contribution in [0.25, 0.3) is 10.8 Å². The number of nitrogens with zero attached hydrogens (tertiary/aromatic N) is 2. The summed E-state index contributed by atoms with van der Waals surface area (Å²) in [5.74, 6) is -0.162. The first-order valence-electron chi connectivity index (χ1n) is 12.5. The number of rotatable bonds is 10. The second-order valence-corrected chi connectivity index (χ2v) is 12.2. The van der Waals surface area contributed by atoms with Crippen molar-refractivity contribution >= 4 is 38.3 Å². The first-order valence-corrected chi connectivity index (χ1v) is 14.4. The highest BCUT2D eigenvalue weighted by Crippen LogP contribution is 2.29. The number of ether oxygens (including phenoxy) is 1. The molecule has 0 saturated carbocycles. The Morgan fingerprint density at radius 2 is 1.66 bits per heavy atom. The van der Waals surface area contributed by atoms with Gasteiger partial charge in [-0.05, 0) is 56.3 Å². The summed E-state index contributed by atoms with van der Waals surface area (Å²) < 4.78 is 32.4. The summed E-state index contributed by atoms with van der Waals surface area (Å²) in [6.45, 7) is 7.11. The van der Waals surface area contributed by atoms with E-state index in [1.54, 1.807) is 31.4 Å². The van der Waals surface area contributed by atoms with Crippen LogP contribution in [-0.2, 0) is 26.2 Å². The lowest BCUT2D eigenvalue weighted by atomic mass is 10.1. The summed E-state index contributed by atoms with van der Waals surface area (Å²) in [7, 11) is -2.28. The largest absolute Gasteiger partial charge is 0.497 e. The molecule has 3 aromatic rings. The van der Waals surface area contributed by atoms with Crippen LogP contribution in [0.5, 0.6) is 5.75 Å². The van der Waals surface area contributed by atoms with Crippen LogP contribution >= 0.6 is 0 Å². The van der Waals surface area contributed by atoms with Crippen molar-refractivity contribution in [3.63, 3.8) is 0 Å². The molecule has 0 fully saturated rings. The molecule has 0 bridgehead atoms. The zero-order valence-corrected chi connectivity index (χ0v) is 23.7. The Balaban J connectivity index is 2.05. The van der Waals surface area contributed by atoms with Crippen LogP contribution in [0.15, 0.2) is 66.7 Å². The number of amides is 2. The van der Waals surface area contributed by atoms with Gasteiger partial charge in [-0.1, -0.05) is 55.5 Å². The smallest absolute Gasteiger partial charge is 0.244 e. The number of methoxy groups -OCH3 is 1. The number of fused-ring (bicyclic) bond motifs is 1. The number of anilines is 1. The maximum Gasteiger partial charge on any atom is 0.244 e. The van der Waals surface area contributed by atoms with E-state index < -0.39 is 34.1 Å². The van der Waals surface area contributed by atoms with Crippen LogP contribution in [0.3, 0.4) is 0 Å². The standard InChI is InChI=1S/C29H37N3O5S/c1-7-25(28(34)30-29(2,3)4)31(19-21-12-10-15-23(18-21)37-5)27(33)20-32(38(6,35)36)26-17-11-14-22-13-8-9-16-24(22)26/h8-18,25H,7,19-20H2,1-6H3,(H,30,34)/t25-/m0/s1. The third-order valence-electron chi connectivity index (χ3n) is 6.09. The molecular weight excluding hydrogens is 502 g/mol. The van der Waals surface area contributed by atoms with Gasteiger partial charge < -0.3 is 15.0 Å². The third kappa shape index (κ3) is 7.25. The highest BCUT2D eigenvalue weighted by atomic mass is 32.2. The van der Waals surface area contributed by atoms with Gasteiger partial charge >= 0.3 is 0 Å². The van der Waals surface area contributed by atoms with E-state index in [2.05, 4.69) is 5.32 Å². The van der Waals surface area contributed by atoms with Crippen LogP contribution < -0.4 is 14.4 Å². The topological polar surface area (TPSA) is 96.0 Å². The van der Waals surface area contributed by atoms with Crippen LogP contribution in [0, 0.1) is 0 Å². The molecule has 0 spiro atoms. The van der Waals surface area contributed by atoms with Gasteiger partial charge in [0, 0.05) is 17.5 Å². The fourth-order valence-electron chi connectivity index (χ4n) is 4.36. The van der Waals surface area contributed by atoms with Crippen molar-refractivity contribution in [3.05, 3.63) is 72.3 Å². The highest BCUT2D eigenvalue weighted by Gasteiger charge is 2.33. The zero-order valence-electron chi connectivity index (χ0n) is 22.9. The Kier molecular flexibility index (Phi) is 9.04. The quantitative estimate of drug-likeness (QED) is 0.414. The van der Waals surface area contributed by atoms with Gasteiger partial charge in [-0.2, -0.15) is 0 Å². The number of hydrogen-bond donors (Lipinski definition) is 1. The van der Waals surface area contributed by atoms with Gasteiger partial charge in [-0.3, -0.25) is 13.9 Å². The van der Waals surface area contributed by atoms with Crippen molar-refractivity contribution < 1.29 is 22.7 Å². The molecule has 8 nitrogen and oxygen atoms in total. The Bertz CT molecular complexity index is 1390. The van der Waals surface area contributed by atoms with Crippen molar-refractivity contribution in [3.8, 4) is 5.75 Å². The molecule has 0 aliphatic rings. The summed E-state index contributed by atoms with van der Waals surface area (Å²) in [6.07, 6.45) is 1.43. The van der Waals surface area contributed by atoms with E-state index in [0.717, 1.165) is 21.5 Å². The molecule has 0 heterocycles. The average Bonchev–Trinajstić information content (AvgIpc) is 2.85. The Hall–Kier alpha value is -3.59. The van der Waals surface area contributed by atoms with E-state index in [-0.39, 0.29) is 12.5 Å². The average molecular weight is 540 g/mol. The Labute approximate surface area is 225 Å². The monoisotopic (exact) mass is 539 g/mol. The number of hydrogen-bond acceptors (Lipinski definition) is 5. The van der Waals surface area contributed by atoms with Gasteiger partial charge in [0.1, 0.15) is 18.3 Å².